The lowest BCUT2D eigenvalue weighted by Gasteiger charge is -2.11. The zero-order chi connectivity index (χ0) is 33.4. The van der Waals surface area contributed by atoms with Gasteiger partial charge in [-0.05, 0) is 88.9 Å². The number of allylic oxidation sites excluding steroid dienone is 2. The zero-order valence-corrected chi connectivity index (χ0v) is 27.3. The number of aliphatic imine (C=N–C) groups is 1. The molecule has 0 saturated heterocycles. The second kappa shape index (κ2) is 24.4. The number of anilines is 2. The number of aliphatic hydroxyl groups excluding tert-OH is 2. The van der Waals surface area contributed by atoms with Crippen LogP contribution in [0.1, 0.15) is 59.9 Å². The van der Waals surface area contributed by atoms with Gasteiger partial charge in [0.1, 0.15) is 23.1 Å². The van der Waals surface area contributed by atoms with Crippen molar-refractivity contribution in [1.82, 2.24) is 0 Å². The van der Waals surface area contributed by atoms with E-state index < -0.39 is 6.10 Å². The highest BCUT2D eigenvalue weighted by Crippen LogP contribution is 2.23. The Labute approximate surface area is 258 Å². The Hall–Kier alpha value is -4.21. The van der Waals surface area contributed by atoms with Crippen LogP contribution in [0.25, 0.3) is 0 Å². The molecule has 9 heteroatoms. The van der Waals surface area contributed by atoms with Crippen molar-refractivity contribution >= 4 is 29.3 Å². The van der Waals surface area contributed by atoms with Crippen LogP contribution in [-0.2, 0) is 9.59 Å². The van der Waals surface area contributed by atoms with Gasteiger partial charge < -0.3 is 35.1 Å². The molecule has 0 aromatic heterocycles. The third kappa shape index (κ3) is 21.2. The fourth-order valence-electron chi connectivity index (χ4n) is 2.88. The summed E-state index contributed by atoms with van der Waals surface area (Å²) in [5.74, 6) is 2.08. The van der Waals surface area contributed by atoms with E-state index >= 15 is 0 Å². The predicted molar refractivity (Wildman–Crippen MR) is 179 cm³/mol. The number of carbonyl (C=O) groups is 2. The van der Waals surface area contributed by atoms with Crippen molar-refractivity contribution in [2.24, 2.45) is 4.99 Å². The lowest BCUT2D eigenvalue weighted by Crippen LogP contribution is -2.09. The van der Waals surface area contributed by atoms with E-state index in [-0.39, 0.29) is 18.3 Å². The number of rotatable bonds is 11. The summed E-state index contributed by atoms with van der Waals surface area (Å²) < 4.78 is 10.1. The minimum Gasteiger partial charge on any atom is -0.497 e. The number of aliphatic hydroxyl groups is 2. The third-order valence-electron chi connectivity index (χ3n) is 5.23. The van der Waals surface area contributed by atoms with Gasteiger partial charge in [-0.2, -0.15) is 0 Å². The SMILES string of the molecule is C=CC(=O)Nc1ccccc1NC(=C)/N=C\C(CC)=C(C)C.CC(C)=O.CCC(O)CO.COc1cc(C)cc(OC)c1. The number of Topliss-reactive ketones (excluding diaryl/α,β-unsaturated/α-hetero) is 1. The highest BCUT2D eigenvalue weighted by atomic mass is 16.5. The van der Waals surface area contributed by atoms with Crippen LogP contribution in [0.2, 0.25) is 0 Å². The summed E-state index contributed by atoms with van der Waals surface area (Å²) in [7, 11) is 3.29. The number of ether oxygens (including phenoxy) is 2. The molecule has 9 nitrogen and oxygen atoms in total. The first-order valence-electron chi connectivity index (χ1n) is 13.9. The van der Waals surface area contributed by atoms with Gasteiger partial charge in [0.15, 0.2) is 0 Å². The molecule has 0 spiro atoms. The van der Waals surface area contributed by atoms with E-state index in [0.717, 1.165) is 29.2 Å². The number of hydrogen-bond acceptors (Lipinski definition) is 8. The number of methoxy groups -OCH3 is 2. The maximum Gasteiger partial charge on any atom is 0.247 e. The average molecular weight is 598 g/mol. The zero-order valence-electron chi connectivity index (χ0n) is 27.3. The fraction of sp³-hybridized carbons (Fsp3) is 0.382. The minimum absolute atomic E-state index is 0.115. The standard InChI is InChI=1S/C18H23N3O.C9H12O2.C4H10O2.C3H6O/c1-6-15(13(3)4)12-19-14(5)20-16-10-8-9-11-17(16)21-18(22)7-2;1-7-4-8(10-2)6-9(5-7)11-3;1-2-4(6)3-5;1-3(2)4/h7-12,20H,2,5-6H2,1,3-4H3,(H,21,22);4-6H,1-3H3;4-6H,2-3H2,1H3;1-2H3/b19-12-;;;. The van der Waals surface area contributed by atoms with Crippen LogP contribution in [0.4, 0.5) is 11.4 Å². The topological polar surface area (TPSA) is 129 Å². The van der Waals surface area contributed by atoms with Crippen LogP contribution in [0.5, 0.6) is 11.5 Å². The molecule has 238 valence electrons. The molecule has 0 saturated carbocycles. The number of nitrogens with one attached hydrogen (secondary N) is 2. The monoisotopic (exact) mass is 597 g/mol. The molecule has 1 amide bonds. The maximum absolute atomic E-state index is 11.4. The van der Waals surface area contributed by atoms with Crippen LogP contribution in [-0.4, -0.2) is 55.0 Å². The molecule has 1 unspecified atom stereocenters. The largest absolute Gasteiger partial charge is 0.497 e. The number of aryl methyl sites for hydroxylation is 1. The summed E-state index contributed by atoms with van der Waals surface area (Å²) in [5.41, 5.74) is 4.94. The van der Waals surface area contributed by atoms with E-state index in [1.807, 2.05) is 56.5 Å². The number of carbonyl (C=O) groups excluding carboxylic acids is 2. The van der Waals surface area contributed by atoms with Crippen LogP contribution < -0.4 is 20.1 Å². The Kier molecular flexibility index (Phi) is 23.2. The molecule has 2 aromatic carbocycles. The summed E-state index contributed by atoms with van der Waals surface area (Å²) >= 11 is 0. The molecule has 1 atom stereocenters. The molecule has 0 radical (unpaired) electrons. The number of nitrogens with zero attached hydrogens (tertiary/aromatic N) is 1. The van der Waals surface area contributed by atoms with Crippen molar-refractivity contribution in [2.75, 3.05) is 31.5 Å². The summed E-state index contributed by atoms with van der Waals surface area (Å²) in [6, 6.07) is 13.1. The van der Waals surface area contributed by atoms with Gasteiger partial charge >= 0.3 is 0 Å². The molecular weight excluding hydrogens is 546 g/mol. The highest BCUT2D eigenvalue weighted by molar-refractivity contribution is 6.01. The Morgan fingerprint density at radius 2 is 1.47 bits per heavy atom. The van der Waals surface area contributed by atoms with Crippen LogP contribution >= 0.6 is 0 Å². The van der Waals surface area contributed by atoms with Crippen molar-refractivity contribution in [3.05, 3.63) is 84.2 Å². The van der Waals surface area contributed by atoms with Gasteiger partial charge in [-0.3, -0.25) is 4.79 Å². The molecule has 2 aromatic rings. The number of hydrogen-bond donors (Lipinski definition) is 4. The minimum atomic E-state index is -0.509. The van der Waals surface area contributed by atoms with E-state index in [1.54, 1.807) is 20.3 Å². The van der Waals surface area contributed by atoms with E-state index in [9.17, 15) is 9.59 Å². The number of benzene rings is 2. The van der Waals surface area contributed by atoms with Gasteiger partial charge in [-0.1, -0.05) is 44.7 Å². The van der Waals surface area contributed by atoms with Crippen LogP contribution in [0.3, 0.4) is 0 Å². The summed E-state index contributed by atoms with van der Waals surface area (Å²) in [6.07, 6.45) is 4.09. The van der Waals surface area contributed by atoms with Gasteiger partial charge in [0.2, 0.25) is 5.91 Å². The van der Waals surface area contributed by atoms with Crippen molar-refractivity contribution in [3.63, 3.8) is 0 Å². The van der Waals surface area contributed by atoms with Crippen LogP contribution in [0.15, 0.2) is 83.7 Å². The third-order valence-corrected chi connectivity index (χ3v) is 5.23. The smallest absolute Gasteiger partial charge is 0.247 e. The first kappa shape index (κ1) is 40.9. The molecule has 43 heavy (non-hydrogen) atoms. The predicted octanol–water partition coefficient (Wildman–Crippen LogP) is 6.87. The molecule has 0 bridgehead atoms. The van der Waals surface area contributed by atoms with Gasteiger partial charge in [-0.25, -0.2) is 4.99 Å². The molecule has 0 aliphatic carbocycles. The molecule has 0 heterocycles. The first-order valence-corrected chi connectivity index (χ1v) is 13.9. The van der Waals surface area contributed by atoms with E-state index in [0.29, 0.717) is 17.9 Å². The highest BCUT2D eigenvalue weighted by Gasteiger charge is 2.04. The molecule has 0 aliphatic heterocycles. The molecule has 0 aliphatic rings. The summed E-state index contributed by atoms with van der Waals surface area (Å²) in [4.78, 5) is 25.2. The van der Waals surface area contributed by atoms with Gasteiger partial charge in [0.05, 0.1) is 38.3 Å². The second-order valence-electron chi connectivity index (χ2n) is 9.49. The average Bonchev–Trinajstić information content (AvgIpc) is 2.97. The molecular formula is C34H51N3O6. The van der Waals surface area contributed by atoms with Crippen LogP contribution in [0, 0.1) is 6.92 Å². The number of ketones is 1. The van der Waals surface area contributed by atoms with Crippen molar-refractivity contribution < 1.29 is 29.3 Å². The molecule has 4 N–H and O–H groups in total. The lowest BCUT2D eigenvalue weighted by atomic mass is 10.1. The van der Waals surface area contributed by atoms with Crippen molar-refractivity contribution in [2.45, 2.75) is 67.4 Å². The first-order chi connectivity index (χ1) is 20.3. The summed E-state index contributed by atoms with van der Waals surface area (Å²) in [6.45, 7) is 20.3. The Bertz CT molecular complexity index is 1170. The van der Waals surface area contributed by atoms with Crippen molar-refractivity contribution in [1.29, 1.82) is 0 Å². The summed E-state index contributed by atoms with van der Waals surface area (Å²) in [5, 5.41) is 22.3. The quantitative estimate of drug-likeness (QED) is 0.164. The van der Waals surface area contributed by atoms with Crippen molar-refractivity contribution in [3.8, 4) is 11.5 Å². The Morgan fingerprint density at radius 3 is 1.81 bits per heavy atom. The Balaban J connectivity index is 0. The van der Waals surface area contributed by atoms with Gasteiger partial charge in [-0.15, -0.1) is 0 Å². The van der Waals surface area contributed by atoms with E-state index in [4.69, 9.17) is 19.7 Å². The maximum atomic E-state index is 11.4. The van der Waals surface area contributed by atoms with Gasteiger partial charge in [0, 0.05) is 12.3 Å². The number of amides is 1. The lowest BCUT2D eigenvalue weighted by molar-refractivity contribution is -0.115. The van der Waals surface area contributed by atoms with E-state index in [2.05, 4.69) is 49.6 Å². The second-order valence-corrected chi connectivity index (χ2v) is 9.49. The fourth-order valence-corrected chi connectivity index (χ4v) is 2.88. The number of para-hydroxylation sites is 2. The van der Waals surface area contributed by atoms with E-state index in [1.165, 1.54) is 31.1 Å². The Morgan fingerprint density at radius 1 is 0.977 bits per heavy atom. The molecule has 2 rings (SSSR count). The molecule has 0 fully saturated rings. The normalized spacial score (nSPS) is 10.2. The van der Waals surface area contributed by atoms with Gasteiger partial charge in [0.25, 0.3) is 0 Å².